The summed E-state index contributed by atoms with van der Waals surface area (Å²) in [6.07, 6.45) is 3.32. The molecule has 0 heterocycles. The monoisotopic (exact) mass is 432 g/mol. The molecule has 3 rings (SSSR count). The first-order valence-corrected chi connectivity index (χ1v) is 11.7. The third kappa shape index (κ3) is 5.06. The summed E-state index contributed by atoms with van der Waals surface area (Å²) in [5.74, 6) is 0.704. The molecular weight excluding hydrogens is 396 g/mol. The van der Waals surface area contributed by atoms with Crippen molar-refractivity contribution in [1.82, 2.24) is 0 Å². The fourth-order valence-corrected chi connectivity index (χ4v) is 4.37. The summed E-state index contributed by atoms with van der Waals surface area (Å²) in [7, 11) is 0. The molecule has 32 heavy (non-hydrogen) atoms. The summed E-state index contributed by atoms with van der Waals surface area (Å²) in [6.45, 7) is 8.64. The molecule has 0 aliphatic heterocycles. The van der Waals surface area contributed by atoms with E-state index in [4.69, 9.17) is 4.74 Å². The zero-order chi connectivity index (χ0) is 23.1. The molecular formula is C29H36O3. The second-order valence-electron chi connectivity index (χ2n) is 8.52. The van der Waals surface area contributed by atoms with Gasteiger partial charge in [0.05, 0.1) is 12.2 Å². The van der Waals surface area contributed by atoms with Crippen LogP contribution in [0.25, 0.3) is 11.1 Å². The Kier molecular flexibility index (Phi) is 8.11. The van der Waals surface area contributed by atoms with Gasteiger partial charge < -0.3 is 14.9 Å². The van der Waals surface area contributed by atoms with Crippen LogP contribution in [0.4, 0.5) is 0 Å². The van der Waals surface area contributed by atoms with Gasteiger partial charge in [0.2, 0.25) is 0 Å². The Morgan fingerprint density at radius 2 is 1.44 bits per heavy atom. The van der Waals surface area contributed by atoms with Crippen molar-refractivity contribution in [3.05, 3.63) is 88.5 Å². The van der Waals surface area contributed by atoms with Crippen LogP contribution in [0.2, 0.25) is 0 Å². The highest BCUT2D eigenvalue weighted by Gasteiger charge is 2.30. The van der Waals surface area contributed by atoms with Gasteiger partial charge in [-0.2, -0.15) is 0 Å². The standard InChI is InChI=1S/C29H36O3/c1-5-12-22-13-10-11-16-25(22)26-18-28(27(17-21(26)4)29(31,6-2)7-3)32-20-24-15-9-8-14-23(24)19-30/h8-11,13-18,30-31H,5-7,12,19-20H2,1-4H3. The summed E-state index contributed by atoms with van der Waals surface area (Å²) >= 11 is 0. The zero-order valence-corrected chi connectivity index (χ0v) is 19.8. The van der Waals surface area contributed by atoms with E-state index in [0.29, 0.717) is 25.2 Å². The quantitative estimate of drug-likeness (QED) is 0.375. The highest BCUT2D eigenvalue weighted by molar-refractivity contribution is 5.73. The van der Waals surface area contributed by atoms with Crippen LogP contribution in [0.1, 0.15) is 67.9 Å². The molecule has 0 aromatic heterocycles. The first kappa shape index (κ1) is 24.0. The van der Waals surface area contributed by atoms with Gasteiger partial charge in [0.1, 0.15) is 12.4 Å². The fraction of sp³-hybridized carbons (Fsp3) is 0.379. The third-order valence-corrected chi connectivity index (χ3v) is 6.50. The van der Waals surface area contributed by atoms with E-state index in [1.54, 1.807) is 0 Å². The first-order chi connectivity index (χ1) is 15.5. The number of hydrogen-bond acceptors (Lipinski definition) is 3. The summed E-state index contributed by atoms with van der Waals surface area (Å²) < 4.78 is 6.36. The maximum absolute atomic E-state index is 11.4. The van der Waals surface area contributed by atoms with E-state index in [2.05, 4.69) is 50.2 Å². The number of aliphatic hydroxyl groups is 2. The number of aliphatic hydroxyl groups excluding tert-OH is 1. The minimum absolute atomic E-state index is 0.0240. The highest BCUT2D eigenvalue weighted by Crippen LogP contribution is 2.41. The van der Waals surface area contributed by atoms with E-state index in [9.17, 15) is 10.2 Å². The van der Waals surface area contributed by atoms with Gasteiger partial charge in [-0.15, -0.1) is 0 Å². The van der Waals surface area contributed by atoms with E-state index in [1.807, 2.05) is 38.1 Å². The zero-order valence-electron chi connectivity index (χ0n) is 19.8. The molecule has 0 amide bonds. The van der Waals surface area contributed by atoms with Gasteiger partial charge in [-0.05, 0) is 71.7 Å². The Hall–Kier alpha value is -2.62. The van der Waals surface area contributed by atoms with Gasteiger partial charge >= 0.3 is 0 Å². The van der Waals surface area contributed by atoms with Crippen LogP contribution in [0.3, 0.4) is 0 Å². The number of benzene rings is 3. The average molecular weight is 433 g/mol. The van der Waals surface area contributed by atoms with E-state index in [0.717, 1.165) is 40.7 Å². The Morgan fingerprint density at radius 1 is 0.812 bits per heavy atom. The molecule has 0 saturated carbocycles. The molecule has 170 valence electrons. The smallest absolute Gasteiger partial charge is 0.126 e. The Bertz CT molecular complexity index is 1030. The predicted octanol–water partition coefficient (Wildman–Crippen LogP) is 6.69. The van der Waals surface area contributed by atoms with E-state index in [-0.39, 0.29) is 6.61 Å². The molecule has 3 heteroatoms. The lowest BCUT2D eigenvalue weighted by molar-refractivity contribution is 0.0251. The third-order valence-electron chi connectivity index (χ3n) is 6.50. The molecule has 0 unspecified atom stereocenters. The van der Waals surface area contributed by atoms with Gasteiger partial charge in [0.15, 0.2) is 0 Å². The summed E-state index contributed by atoms with van der Waals surface area (Å²) in [5, 5.41) is 21.1. The molecule has 0 spiro atoms. The summed E-state index contributed by atoms with van der Waals surface area (Å²) in [5.41, 5.74) is 6.50. The van der Waals surface area contributed by atoms with Crippen LogP contribution >= 0.6 is 0 Å². The maximum Gasteiger partial charge on any atom is 0.126 e. The molecule has 0 aliphatic carbocycles. The van der Waals surface area contributed by atoms with Crippen molar-refractivity contribution >= 4 is 0 Å². The molecule has 0 saturated heterocycles. The second kappa shape index (κ2) is 10.8. The lowest BCUT2D eigenvalue weighted by Gasteiger charge is -2.29. The van der Waals surface area contributed by atoms with Crippen LogP contribution < -0.4 is 4.74 Å². The molecule has 3 nitrogen and oxygen atoms in total. The van der Waals surface area contributed by atoms with Crippen LogP contribution in [0.5, 0.6) is 5.75 Å². The van der Waals surface area contributed by atoms with Crippen LogP contribution in [-0.2, 0) is 25.2 Å². The molecule has 0 aliphatic rings. The topological polar surface area (TPSA) is 49.7 Å². The number of ether oxygens (including phenoxy) is 1. The van der Waals surface area contributed by atoms with Crippen molar-refractivity contribution in [3.63, 3.8) is 0 Å². The van der Waals surface area contributed by atoms with Gasteiger partial charge in [0, 0.05) is 5.56 Å². The van der Waals surface area contributed by atoms with Crippen LogP contribution in [0.15, 0.2) is 60.7 Å². The van der Waals surface area contributed by atoms with Crippen molar-refractivity contribution in [3.8, 4) is 16.9 Å². The Balaban J connectivity index is 2.11. The minimum Gasteiger partial charge on any atom is -0.488 e. The molecule has 3 aromatic rings. The van der Waals surface area contributed by atoms with Crippen LogP contribution in [0, 0.1) is 6.92 Å². The molecule has 3 aromatic carbocycles. The maximum atomic E-state index is 11.4. The lowest BCUT2D eigenvalue weighted by Crippen LogP contribution is -2.25. The predicted molar refractivity (Wildman–Crippen MR) is 132 cm³/mol. The van der Waals surface area contributed by atoms with Gasteiger partial charge in [-0.1, -0.05) is 75.7 Å². The Labute approximate surface area is 192 Å². The summed E-state index contributed by atoms with van der Waals surface area (Å²) in [4.78, 5) is 0. The summed E-state index contributed by atoms with van der Waals surface area (Å²) in [6, 6.07) is 20.5. The molecule has 0 bridgehead atoms. The van der Waals surface area contributed by atoms with Crippen molar-refractivity contribution < 1.29 is 14.9 Å². The largest absolute Gasteiger partial charge is 0.488 e. The van der Waals surface area contributed by atoms with Crippen molar-refractivity contribution in [1.29, 1.82) is 0 Å². The van der Waals surface area contributed by atoms with Gasteiger partial charge in [0.25, 0.3) is 0 Å². The SMILES string of the molecule is CCCc1ccccc1-c1cc(OCc2ccccc2CO)c(C(O)(CC)CC)cc1C. The van der Waals surface area contributed by atoms with Crippen LogP contribution in [-0.4, -0.2) is 10.2 Å². The van der Waals surface area contributed by atoms with Crippen molar-refractivity contribution in [2.75, 3.05) is 0 Å². The number of aryl methyl sites for hydroxylation is 2. The second-order valence-corrected chi connectivity index (χ2v) is 8.52. The molecule has 0 atom stereocenters. The molecule has 0 fully saturated rings. The van der Waals surface area contributed by atoms with Crippen molar-refractivity contribution in [2.45, 2.75) is 72.2 Å². The number of hydrogen-bond donors (Lipinski definition) is 2. The molecule has 2 N–H and O–H groups in total. The first-order valence-electron chi connectivity index (χ1n) is 11.7. The van der Waals surface area contributed by atoms with Gasteiger partial charge in [-0.3, -0.25) is 0 Å². The average Bonchev–Trinajstić information content (AvgIpc) is 2.83. The minimum atomic E-state index is -0.946. The number of rotatable bonds is 10. The normalized spacial score (nSPS) is 11.6. The fourth-order valence-electron chi connectivity index (χ4n) is 4.37. The Morgan fingerprint density at radius 3 is 2.06 bits per heavy atom. The molecule has 0 radical (unpaired) electrons. The van der Waals surface area contributed by atoms with E-state index < -0.39 is 5.60 Å². The van der Waals surface area contributed by atoms with Crippen molar-refractivity contribution in [2.24, 2.45) is 0 Å². The van der Waals surface area contributed by atoms with Gasteiger partial charge in [-0.25, -0.2) is 0 Å². The van der Waals surface area contributed by atoms with E-state index in [1.165, 1.54) is 11.1 Å². The highest BCUT2D eigenvalue weighted by atomic mass is 16.5. The van der Waals surface area contributed by atoms with E-state index >= 15 is 0 Å². The lowest BCUT2D eigenvalue weighted by atomic mass is 9.84.